The van der Waals surface area contributed by atoms with Crippen molar-refractivity contribution in [3.8, 4) is 56.5 Å². The summed E-state index contributed by atoms with van der Waals surface area (Å²) in [5.74, 6) is 1.84. The minimum absolute atomic E-state index is 0.598. The minimum Gasteiger partial charge on any atom is -0.247 e. The Bertz CT molecular complexity index is 3200. The number of pyridine rings is 1. The van der Waals surface area contributed by atoms with Gasteiger partial charge < -0.3 is 0 Å². The third-order valence-corrected chi connectivity index (χ3v) is 10.8. The zero-order valence-corrected chi connectivity index (χ0v) is 30.3. The molecular weight excluding hydrogens is 681 g/mol. The molecule has 0 saturated heterocycles. The average Bonchev–Trinajstić information content (AvgIpc) is 3.28. The third kappa shape index (κ3) is 5.55. The van der Waals surface area contributed by atoms with Crippen molar-refractivity contribution >= 4 is 54.0 Å². The lowest BCUT2D eigenvalue weighted by atomic mass is 9.92. The number of para-hydroxylation sites is 1. The molecule has 2 heterocycles. The number of hydrogen-bond acceptors (Lipinski definition) is 4. The summed E-state index contributed by atoms with van der Waals surface area (Å²) in [5.41, 5.74) is 7.78. The predicted molar refractivity (Wildman–Crippen MR) is 232 cm³/mol. The van der Waals surface area contributed by atoms with Gasteiger partial charge in [-0.05, 0) is 79.8 Å². The molecular formula is C52H32N4. The Hall–Kier alpha value is -7.56. The third-order valence-electron chi connectivity index (χ3n) is 10.8. The fourth-order valence-electron chi connectivity index (χ4n) is 8.05. The highest BCUT2D eigenvalue weighted by Gasteiger charge is 2.18. The Morgan fingerprint density at radius 3 is 1.43 bits per heavy atom. The van der Waals surface area contributed by atoms with Gasteiger partial charge in [-0.15, -0.1) is 0 Å². The molecule has 0 unspecified atom stereocenters. The van der Waals surface area contributed by atoms with E-state index < -0.39 is 0 Å². The van der Waals surface area contributed by atoms with E-state index in [1.165, 1.54) is 26.9 Å². The topological polar surface area (TPSA) is 51.6 Å². The van der Waals surface area contributed by atoms with Gasteiger partial charge in [-0.3, -0.25) is 0 Å². The van der Waals surface area contributed by atoms with Crippen molar-refractivity contribution in [3.63, 3.8) is 0 Å². The van der Waals surface area contributed by atoms with Crippen molar-refractivity contribution in [2.24, 2.45) is 0 Å². The van der Waals surface area contributed by atoms with E-state index in [1.54, 1.807) is 0 Å². The number of nitrogens with zero attached hydrogens (tertiary/aromatic N) is 4. The van der Waals surface area contributed by atoms with Crippen LogP contribution in [-0.4, -0.2) is 19.9 Å². The van der Waals surface area contributed by atoms with Crippen LogP contribution in [0.1, 0.15) is 0 Å². The Morgan fingerprint density at radius 2 is 0.750 bits per heavy atom. The van der Waals surface area contributed by atoms with Crippen LogP contribution in [0.15, 0.2) is 194 Å². The molecule has 4 heteroatoms. The fraction of sp³-hybridized carbons (Fsp3) is 0. The lowest BCUT2D eigenvalue weighted by Crippen LogP contribution is -2.01. The first-order valence-electron chi connectivity index (χ1n) is 18.9. The maximum absolute atomic E-state index is 5.39. The average molecular weight is 713 g/mol. The Balaban J connectivity index is 1.18. The van der Waals surface area contributed by atoms with E-state index in [2.05, 4.69) is 194 Å². The Morgan fingerprint density at radius 1 is 0.250 bits per heavy atom. The van der Waals surface area contributed by atoms with Crippen molar-refractivity contribution in [1.29, 1.82) is 0 Å². The largest absolute Gasteiger partial charge is 0.247 e. The molecule has 56 heavy (non-hydrogen) atoms. The number of benzene rings is 9. The maximum Gasteiger partial charge on any atom is 0.164 e. The lowest BCUT2D eigenvalue weighted by Gasteiger charge is -2.15. The zero-order valence-electron chi connectivity index (χ0n) is 30.3. The van der Waals surface area contributed by atoms with Crippen LogP contribution in [0.4, 0.5) is 0 Å². The first-order chi connectivity index (χ1) is 27.7. The van der Waals surface area contributed by atoms with Crippen LogP contribution in [0.3, 0.4) is 0 Å². The Labute approximate surface area is 323 Å². The quantitative estimate of drug-likeness (QED) is 0.167. The molecule has 0 fully saturated rings. The molecule has 0 radical (unpaired) electrons. The Kier molecular flexibility index (Phi) is 7.46. The van der Waals surface area contributed by atoms with Crippen molar-refractivity contribution in [2.45, 2.75) is 0 Å². The van der Waals surface area contributed by atoms with Gasteiger partial charge in [0.25, 0.3) is 0 Å². The zero-order chi connectivity index (χ0) is 37.0. The summed E-state index contributed by atoms with van der Waals surface area (Å²) >= 11 is 0. The van der Waals surface area contributed by atoms with E-state index >= 15 is 0 Å². The first kappa shape index (κ1) is 31.9. The number of fused-ring (bicyclic) bond motifs is 7. The van der Waals surface area contributed by atoms with Crippen molar-refractivity contribution in [2.75, 3.05) is 0 Å². The molecule has 11 aromatic rings. The molecule has 11 rings (SSSR count). The van der Waals surface area contributed by atoms with Crippen LogP contribution in [0, 0.1) is 0 Å². The molecule has 2 aromatic heterocycles. The van der Waals surface area contributed by atoms with Gasteiger partial charge in [0.05, 0.1) is 11.2 Å². The molecule has 0 atom stereocenters. The minimum atomic E-state index is 0.598. The van der Waals surface area contributed by atoms with Crippen molar-refractivity contribution in [1.82, 2.24) is 19.9 Å². The maximum atomic E-state index is 5.39. The normalized spacial score (nSPS) is 11.6. The fourth-order valence-corrected chi connectivity index (χ4v) is 8.05. The second-order valence-electron chi connectivity index (χ2n) is 14.3. The van der Waals surface area contributed by atoms with Crippen LogP contribution < -0.4 is 0 Å². The summed E-state index contributed by atoms with van der Waals surface area (Å²) in [6.45, 7) is 0. The van der Waals surface area contributed by atoms with Gasteiger partial charge in [0.15, 0.2) is 17.5 Å². The van der Waals surface area contributed by atoms with Crippen LogP contribution in [-0.2, 0) is 0 Å². The van der Waals surface area contributed by atoms with E-state index in [-0.39, 0.29) is 0 Å². The first-order valence-corrected chi connectivity index (χ1v) is 18.9. The van der Waals surface area contributed by atoms with Crippen LogP contribution in [0.25, 0.3) is 111 Å². The second kappa shape index (κ2) is 13.1. The molecule has 4 nitrogen and oxygen atoms in total. The van der Waals surface area contributed by atoms with Crippen LogP contribution in [0.5, 0.6) is 0 Å². The van der Waals surface area contributed by atoms with Gasteiger partial charge >= 0.3 is 0 Å². The molecule has 0 saturated carbocycles. The SMILES string of the molecule is c1ccc(-c2cc(-c3nc(-c4ccc5ccccc5c4)nc(-c4ccc5ccccc5c4)n3)cc(-c3nc4ccccc4c4c3ccc3ccccc34)c2)cc1. The van der Waals surface area contributed by atoms with Gasteiger partial charge in [-0.1, -0.05) is 158 Å². The molecule has 0 bridgehead atoms. The van der Waals surface area contributed by atoms with Gasteiger partial charge in [0.1, 0.15) is 0 Å². The molecule has 0 spiro atoms. The van der Waals surface area contributed by atoms with E-state index in [4.69, 9.17) is 19.9 Å². The summed E-state index contributed by atoms with van der Waals surface area (Å²) in [7, 11) is 0. The van der Waals surface area contributed by atoms with Crippen LogP contribution >= 0.6 is 0 Å². The summed E-state index contributed by atoms with van der Waals surface area (Å²) in [4.78, 5) is 21.0. The van der Waals surface area contributed by atoms with Crippen LogP contribution in [0.2, 0.25) is 0 Å². The van der Waals surface area contributed by atoms with Gasteiger partial charge in [0, 0.05) is 38.4 Å². The summed E-state index contributed by atoms with van der Waals surface area (Å²) in [6.07, 6.45) is 0. The summed E-state index contributed by atoms with van der Waals surface area (Å²) in [6, 6.07) is 68.2. The number of aromatic nitrogens is 4. The van der Waals surface area contributed by atoms with E-state index in [1.807, 2.05) is 0 Å². The number of rotatable bonds is 5. The van der Waals surface area contributed by atoms with E-state index in [0.29, 0.717) is 17.5 Å². The smallest absolute Gasteiger partial charge is 0.164 e. The molecule has 0 aliphatic rings. The molecule has 0 aliphatic heterocycles. The lowest BCUT2D eigenvalue weighted by molar-refractivity contribution is 1.08. The van der Waals surface area contributed by atoms with Gasteiger partial charge in [-0.25, -0.2) is 19.9 Å². The van der Waals surface area contributed by atoms with Crippen molar-refractivity contribution < 1.29 is 0 Å². The predicted octanol–water partition coefficient (Wildman–Crippen LogP) is 13.4. The number of hydrogen-bond donors (Lipinski definition) is 0. The second-order valence-corrected chi connectivity index (χ2v) is 14.3. The summed E-state index contributed by atoms with van der Waals surface area (Å²) < 4.78 is 0. The molecule has 9 aromatic carbocycles. The van der Waals surface area contributed by atoms with E-state index in [9.17, 15) is 0 Å². The van der Waals surface area contributed by atoms with Crippen molar-refractivity contribution in [3.05, 3.63) is 194 Å². The molecule has 0 aliphatic carbocycles. The standard InChI is InChI=1S/C52H32N4/c1-2-12-33(13-3-1)41-30-42(49-46-27-26-36-16-8-9-19-44(36)48(46)45-20-10-11-21-47(45)53-49)32-43(31-41)52-55-50(39-24-22-34-14-4-6-17-37(34)28-39)54-51(56-52)40-25-23-35-15-5-7-18-38(35)29-40/h1-32H. The van der Waals surface area contributed by atoms with Gasteiger partial charge in [0.2, 0.25) is 0 Å². The highest BCUT2D eigenvalue weighted by molar-refractivity contribution is 6.22. The molecule has 0 amide bonds. The van der Waals surface area contributed by atoms with E-state index in [0.717, 1.165) is 66.1 Å². The molecule has 0 N–H and O–H groups in total. The van der Waals surface area contributed by atoms with Gasteiger partial charge in [-0.2, -0.15) is 0 Å². The highest BCUT2D eigenvalue weighted by Crippen LogP contribution is 2.40. The summed E-state index contributed by atoms with van der Waals surface area (Å²) in [5, 5.41) is 10.5. The molecule has 260 valence electrons. The highest BCUT2D eigenvalue weighted by atomic mass is 15.0. The monoisotopic (exact) mass is 712 g/mol.